The highest BCUT2D eigenvalue weighted by atomic mass is 35.5. The van der Waals surface area contributed by atoms with Gasteiger partial charge in [0.2, 0.25) is 0 Å². The molecule has 0 bridgehead atoms. The molecule has 1 atom stereocenters. The average Bonchev–Trinajstić information content (AvgIpc) is 2.10. The summed E-state index contributed by atoms with van der Waals surface area (Å²) in [6.07, 6.45) is 4.80. The number of ether oxygens (including phenoxy) is 1. The van der Waals surface area contributed by atoms with Crippen LogP contribution in [-0.2, 0) is 4.74 Å². The number of alkyl halides is 1. The van der Waals surface area contributed by atoms with Crippen LogP contribution in [0.2, 0.25) is 0 Å². The van der Waals surface area contributed by atoms with E-state index in [0.29, 0.717) is 11.3 Å². The highest BCUT2D eigenvalue weighted by Gasteiger charge is 2.07. The Morgan fingerprint density at radius 3 is 2.38 bits per heavy atom. The Bertz CT molecular complexity index is 104. The van der Waals surface area contributed by atoms with Gasteiger partial charge in [0.15, 0.2) is 0 Å². The van der Waals surface area contributed by atoms with Crippen LogP contribution in [-0.4, -0.2) is 18.6 Å². The highest BCUT2D eigenvalue weighted by molar-refractivity contribution is 6.20. The van der Waals surface area contributed by atoms with Crippen molar-refractivity contribution in [3.8, 4) is 0 Å². The van der Waals surface area contributed by atoms with Gasteiger partial charge < -0.3 is 4.74 Å². The normalized spacial score (nSPS) is 13.6. The first-order valence-corrected chi connectivity index (χ1v) is 5.84. The van der Waals surface area contributed by atoms with E-state index in [-0.39, 0.29) is 0 Å². The van der Waals surface area contributed by atoms with E-state index in [4.69, 9.17) is 16.3 Å². The predicted octanol–water partition coefficient (Wildman–Crippen LogP) is 3.85. The van der Waals surface area contributed by atoms with Gasteiger partial charge in [-0.3, -0.25) is 0 Å². The second-order valence-electron chi connectivity index (χ2n) is 3.81. The molecule has 0 aromatic heterocycles. The van der Waals surface area contributed by atoms with Gasteiger partial charge in [-0.05, 0) is 25.7 Å². The minimum Gasteiger partial charge on any atom is -0.382 e. The number of hydrogen-bond acceptors (Lipinski definition) is 1. The lowest BCUT2D eigenvalue weighted by atomic mass is 10.0. The number of halogens is 1. The number of rotatable bonds is 8. The molecule has 13 heavy (non-hydrogen) atoms. The van der Waals surface area contributed by atoms with Gasteiger partial charge in [0.1, 0.15) is 0 Å². The molecular formula is C11H23ClO. The molecule has 0 amide bonds. The lowest BCUT2D eigenvalue weighted by Gasteiger charge is -2.12. The van der Waals surface area contributed by atoms with Crippen molar-refractivity contribution in [1.29, 1.82) is 0 Å². The Morgan fingerprint density at radius 2 is 1.85 bits per heavy atom. The van der Waals surface area contributed by atoms with Crippen LogP contribution in [0.5, 0.6) is 0 Å². The third-order valence-electron chi connectivity index (χ3n) is 2.20. The van der Waals surface area contributed by atoms with Crippen LogP contribution in [0.25, 0.3) is 0 Å². The maximum Gasteiger partial charge on any atom is 0.0465 e. The van der Waals surface area contributed by atoms with Crippen LogP contribution in [0.4, 0.5) is 0 Å². The average molecular weight is 207 g/mol. The molecule has 0 aromatic rings. The zero-order chi connectivity index (χ0) is 10.1. The molecule has 0 aromatic carbocycles. The fraction of sp³-hybridized carbons (Fsp3) is 1.00. The van der Waals surface area contributed by atoms with E-state index in [1.807, 2.05) is 6.92 Å². The molecule has 0 saturated carbocycles. The van der Waals surface area contributed by atoms with Crippen molar-refractivity contribution in [2.75, 3.05) is 13.2 Å². The van der Waals surface area contributed by atoms with Crippen LogP contribution in [0, 0.1) is 5.92 Å². The van der Waals surface area contributed by atoms with Crippen LogP contribution < -0.4 is 0 Å². The Morgan fingerprint density at radius 1 is 1.15 bits per heavy atom. The summed E-state index contributed by atoms with van der Waals surface area (Å²) in [7, 11) is 0. The minimum atomic E-state index is 0.354. The van der Waals surface area contributed by atoms with E-state index in [9.17, 15) is 0 Å². The smallest absolute Gasteiger partial charge is 0.0465 e. The minimum absolute atomic E-state index is 0.354. The van der Waals surface area contributed by atoms with E-state index < -0.39 is 0 Å². The van der Waals surface area contributed by atoms with E-state index in [1.54, 1.807) is 0 Å². The van der Waals surface area contributed by atoms with Crippen LogP contribution in [0.15, 0.2) is 0 Å². The maximum atomic E-state index is 6.12. The van der Waals surface area contributed by atoms with Crippen LogP contribution in [0.3, 0.4) is 0 Å². The first kappa shape index (κ1) is 13.2. The van der Waals surface area contributed by atoms with Gasteiger partial charge >= 0.3 is 0 Å². The Balaban J connectivity index is 3.07. The molecule has 0 aliphatic carbocycles. The fourth-order valence-corrected chi connectivity index (χ4v) is 1.35. The quantitative estimate of drug-likeness (QED) is 0.433. The second kappa shape index (κ2) is 8.83. The van der Waals surface area contributed by atoms with E-state index in [2.05, 4.69) is 13.8 Å². The first-order valence-electron chi connectivity index (χ1n) is 5.40. The van der Waals surface area contributed by atoms with E-state index in [0.717, 1.165) is 19.6 Å². The van der Waals surface area contributed by atoms with Crippen molar-refractivity contribution in [2.45, 2.75) is 51.8 Å². The third-order valence-corrected chi connectivity index (χ3v) is 2.92. The molecule has 0 spiro atoms. The van der Waals surface area contributed by atoms with Crippen molar-refractivity contribution in [1.82, 2.24) is 0 Å². The summed E-state index contributed by atoms with van der Waals surface area (Å²) in [6, 6.07) is 0. The number of hydrogen-bond donors (Lipinski definition) is 0. The molecule has 0 rings (SSSR count). The van der Waals surface area contributed by atoms with Crippen molar-refractivity contribution in [2.24, 2.45) is 5.92 Å². The van der Waals surface area contributed by atoms with E-state index >= 15 is 0 Å². The molecule has 0 aliphatic rings. The highest BCUT2D eigenvalue weighted by Crippen LogP contribution is 2.16. The molecule has 1 nitrogen and oxygen atoms in total. The van der Waals surface area contributed by atoms with Gasteiger partial charge in [0.25, 0.3) is 0 Å². The molecule has 2 heteroatoms. The predicted molar refractivity (Wildman–Crippen MR) is 59.4 cm³/mol. The van der Waals surface area contributed by atoms with Crippen molar-refractivity contribution >= 4 is 11.6 Å². The summed E-state index contributed by atoms with van der Waals surface area (Å²) in [5.74, 6) is 0.605. The fourth-order valence-electron chi connectivity index (χ4n) is 1.20. The Hall–Kier alpha value is 0.250. The second-order valence-corrected chi connectivity index (χ2v) is 4.37. The third kappa shape index (κ3) is 8.58. The van der Waals surface area contributed by atoms with Gasteiger partial charge in [-0.25, -0.2) is 0 Å². The van der Waals surface area contributed by atoms with Crippen LogP contribution >= 0.6 is 11.6 Å². The summed E-state index contributed by atoms with van der Waals surface area (Å²) >= 11 is 6.12. The molecule has 0 saturated heterocycles. The summed E-state index contributed by atoms with van der Waals surface area (Å²) in [5, 5.41) is 0.354. The molecule has 0 aliphatic heterocycles. The molecule has 0 radical (unpaired) electrons. The SMILES string of the molecule is CCOCCCCCC(Cl)C(C)C. The van der Waals surface area contributed by atoms with Gasteiger partial charge in [-0.15, -0.1) is 11.6 Å². The molecule has 0 heterocycles. The summed E-state index contributed by atoms with van der Waals surface area (Å²) < 4.78 is 5.26. The standard InChI is InChI=1S/C11H23ClO/c1-4-13-9-7-5-6-8-11(12)10(2)3/h10-11H,4-9H2,1-3H3. The molecular weight excluding hydrogens is 184 g/mol. The monoisotopic (exact) mass is 206 g/mol. The molecule has 0 N–H and O–H groups in total. The van der Waals surface area contributed by atoms with Gasteiger partial charge in [-0.2, -0.15) is 0 Å². The lowest BCUT2D eigenvalue weighted by Crippen LogP contribution is -2.07. The summed E-state index contributed by atoms with van der Waals surface area (Å²) in [6.45, 7) is 8.14. The van der Waals surface area contributed by atoms with Gasteiger partial charge in [-0.1, -0.05) is 26.7 Å². The molecule has 0 fully saturated rings. The largest absolute Gasteiger partial charge is 0.382 e. The molecule has 80 valence electrons. The Labute approximate surface area is 87.8 Å². The molecule has 1 unspecified atom stereocenters. The zero-order valence-corrected chi connectivity index (χ0v) is 9.94. The number of unbranched alkanes of at least 4 members (excludes halogenated alkanes) is 2. The summed E-state index contributed by atoms with van der Waals surface area (Å²) in [5.41, 5.74) is 0. The van der Waals surface area contributed by atoms with Crippen molar-refractivity contribution in [3.05, 3.63) is 0 Å². The van der Waals surface area contributed by atoms with Crippen LogP contribution in [0.1, 0.15) is 46.5 Å². The zero-order valence-electron chi connectivity index (χ0n) is 9.18. The lowest BCUT2D eigenvalue weighted by molar-refractivity contribution is 0.143. The maximum absolute atomic E-state index is 6.12. The van der Waals surface area contributed by atoms with Gasteiger partial charge in [0, 0.05) is 18.6 Å². The van der Waals surface area contributed by atoms with E-state index in [1.165, 1.54) is 19.3 Å². The van der Waals surface area contributed by atoms with Crippen molar-refractivity contribution in [3.63, 3.8) is 0 Å². The van der Waals surface area contributed by atoms with Gasteiger partial charge in [0.05, 0.1) is 0 Å². The summed E-state index contributed by atoms with van der Waals surface area (Å²) in [4.78, 5) is 0. The van der Waals surface area contributed by atoms with Crippen molar-refractivity contribution < 1.29 is 4.74 Å². The Kier molecular flexibility index (Phi) is 9.00. The first-order chi connectivity index (χ1) is 6.18. The topological polar surface area (TPSA) is 9.23 Å².